The second-order valence-corrected chi connectivity index (χ2v) is 13.3. The van der Waals surface area contributed by atoms with Gasteiger partial charge in [-0.25, -0.2) is 9.37 Å². The zero-order chi connectivity index (χ0) is 31.1. The summed E-state index contributed by atoms with van der Waals surface area (Å²) in [5, 5.41) is 0. The van der Waals surface area contributed by atoms with Crippen molar-refractivity contribution in [1.82, 2.24) is 24.1 Å². The minimum Gasteiger partial charge on any atom is -0.377 e. The summed E-state index contributed by atoms with van der Waals surface area (Å²) < 4.78 is 43.7. The Morgan fingerprint density at radius 1 is 1.14 bits per heavy atom. The number of aromatic nitrogens is 2. The lowest BCUT2D eigenvalue weighted by Gasteiger charge is -2.46. The topological polar surface area (TPSA) is 62.6 Å². The van der Waals surface area contributed by atoms with E-state index in [2.05, 4.69) is 35.7 Å². The van der Waals surface area contributed by atoms with Gasteiger partial charge in [-0.1, -0.05) is 19.9 Å². The third kappa shape index (κ3) is 6.14. The Morgan fingerprint density at radius 3 is 2.66 bits per heavy atom. The number of aryl methyl sites for hydroxylation is 1. The van der Waals surface area contributed by atoms with Crippen LogP contribution in [0.5, 0.6) is 0 Å². The second kappa shape index (κ2) is 12.8. The molecule has 0 spiro atoms. The first-order valence-corrected chi connectivity index (χ1v) is 16.0. The molecule has 8 nitrogen and oxygen atoms in total. The summed E-state index contributed by atoms with van der Waals surface area (Å²) in [7, 11) is 2.16. The van der Waals surface area contributed by atoms with Crippen LogP contribution < -0.4 is 0 Å². The normalized spacial score (nSPS) is 23.0. The van der Waals surface area contributed by atoms with Crippen LogP contribution >= 0.6 is 0 Å². The van der Waals surface area contributed by atoms with Gasteiger partial charge in [0, 0.05) is 49.9 Å². The van der Waals surface area contributed by atoms with E-state index >= 15 is 4.39 Å². The van der Waals surface area contributed by atoms with Crippen molar-refractivity contribution in [2.45, 2.75) is 64.6 Å². The highest BCUT2D eigenvalue weighted by atomic mass is 19.1. The first kappa shape index (κ1) is 31.1. The van der Waals surface area contributed by atoms with Crippen LogP contribution in [-0.4, -0.2) is 108 Å². The summed E-state index contributed by atoms with van der Waals surface area (Å²) in [6.45, 7) is 14.0. The van der Waals surface area contributed by atoms with Crippen molar-refractivity contribution in [2.75, 3.05) is 59.6 Å². The molecule has 44 heavy (non-hydrogen) atoms. The van der Waals surface area contributed by atoms with Crippen LogP contribution in [0.3, 0.4) is 0 Å². The molecule has 1 amide bonds. The van der Waals surface area contributed by atoms with Crippen LogP contribution in [0.1, 0.15) is 61.3 Å². The fraction of sp³-hybridized carbons (Fsp3) is 0.588. The summed E-state index contributed by atoms with van der Waals surface area (Å²) in [4.78, 5) is 24.5. The van der Waals surface area contributed by atoms with Gasteiger partial charge in [0.2, 0.25) is 5.95 Å². The largest absolute Gasteiger partial charge is 0.377 e. The number of halogens is 2. The van der Waals surface area contributed by atoms with E-state index in [1.165, 1.54) is 18.6 Å². The molecule has 5 heterocycles. The summed E-state index contributed by atoms with van der Waals surface area (Å²) in [5.74, 6) is -0.202. The van der Waals surface area contributed by atoms with Gasteiger partial charge in [-0.3, -0.25) is 9.69 Å². The molecular formula is C34H45F2N5O3. The number of carbonyl (C=O) groups excluding carboxylic acids is 1. The van der Waals surface area contributed by atoms with Crippen LogP contribution in [-0.2, 0) is 9.47 Å². The van der Waals surface area contributed by atoms with Crippen molar-refractivity contribution < 1.29 is 23.0 Å². The van der Waals surface area contributed by atoms with E-state index in [1.54, 1.807) is 22.3 Å². The molecule has 0 bridgehead atoms. The predicted octanol–water partition coefficient (Wildman–Crippen LogP) is 4.98. The van der Waals surface area contributed by atoms with Crippen LogP contribution in [0, 0.1) is 24.6 Å². The van der Waals surface area contributed by atoms with E-state index in [9.17, 15) is 9.18 Å². The van der Waals surface area contributed by atoms with E-state index in [0.717, 1.165) is 38.2 Å². The molecule has 0 aliphatic carbocycles. The molecule has 0 N–H and O–H groups in total. The summed E-state index contributed by atoms with van der Waals surface area (Å²) in [5.41, 5.74) is 2.61. The number of fused-ring (bicyclic) bond motifs is 1. The van der Waals surface area contributed by atoms with Gasteiger partial charge in [-0.2, -0.15) is 4.39 Å². The average molecular weight is 610 g/mol. The second-order valence-electron chi connectivity index (χ2n) is 13.3. The highest BCUT2D eigenvalue weighted by Gasteiger charge is 2.37. The molecule has 1 aromatic carbocycles. The lowest BCUT2D eigenvalue weighted by Crippen LogP contribution is -2.55. The number of likely N-dealkylation sites (N-methyl/N-ethyl adjacent to an activating group) is 1. The molecule has 6 rings (SSSR count). The van der Waals surface area contributed by atoms with Gasteiger partial charge in [0.25, 0.3) is 5.91 Å². The van der Waals surface area contributed by atoms with Gasteiger partial charge in [-0.15, -0.1) is 0 Å². The molecule has 3 fully saturated rings. The van der Waals surface area contributed by atoms with Gasteiger partial charge in [0.1, 0.15) is 17.2 Å². The first-order valence-electron chi connectivity index (χ1n) is 16.0. The zero-order valence-electron chi connectivity index (χ0n) is 26.6. The number of hydrogen-bond donors (Lipinski definition) is 0. The molecule has 10 heteroatoms. The number of nitrogens with zero attached hydrogens (tertiary/aromatic N) is 5. The fourth-order valence-electron chi connectivity index (χ4n) is 7.07. The van der Waals surface area contributed by atoms with E-state index in [0.29, 0.717) is 60.8 Å². The number of hydrogen-bond acceptors (Lipinski definition) is 6. The number of imidazole rings is 1. The van der Waals surface area contributed by atoms with Crippen LogP contribution in [0.2, 0.25) is 0 Å². The smallest absolute Gasteiger partial charge is 0.254 e. The number of pyridine rings is 1. The van der Waals surface area contributed by atoms with E-state index in [-0.39, 0.29) is 29.5 Å². The SMILES string of the molecule is Cc1nc(F)c2c(-c3ccc(F)cc3C(=O)N3CCOC[C@H]3C)cc(C3CN([C@@H](CO[C@@H]4CCCN(C)C4)C(C)C)C3)cn12. The average Bonchev–Trinajstić information content (AvgIpc) is 3.26. The Kier molecular flexibility index (Phi) is 9.06. The highest BCUT2D eigenvalue weighted by molar-refractivity contribution is 6.03. The minimum atomic E-state index is -0.605. The number of piperidine rings is 1. The number of likely N-dealkylation sites (tertiary alicyclic amines) is 2. The third-order valence-corrected chi connectivity index (χ3v) is 9.72. The molecule has 3 saturated heterocycles. The Balaban J connectivity index is 1.29. The molecule has 3 aromatic rings. The first-order chi connectivity index (χ1) is 21.1. The Morgan fingerprint density at radius 2 is 1.93 bits per heavy atom. The summed E-state index contributed by atoms with van der Waals surface area (Å²) in [6, 6.07) is 6.34. The van der Waals surface area contributed by atoms with Crippen LogP contribution in [0.25, 0.3) is 16.6 Å². The number of ether oxygens (including phenoxy) is 2. The number of benzene rings is 1. The van der Waals surface area contributed by atoms with Crippen molar-refractivity contribution in [3.63, 3.8) is 0 Å². The monoisotopic (exact) mass is 609 g/mol. The number of carbonyl (C=O) groups is 1. The maximum absolute atomic E-state index is 15.4. The molecule has 2 aromatic heterocycles. The predicted molar refractivity (Wildman–Crippen MR) is 166 cm³/mol. The van der Waals surface area contributed by atoms with Gasteiger partial charge in [-0.05, 0) is 75.5 Å². The molecule has 3 aliphatic heterocycles. The third-order valence-electron chi connectivity index (χ3n) is 9.72. The van der Waals surface area contributed by atoms with Crippen molar-refractivity contribution in [3.8, 4) is 11.1 Å². The number of amides is 1. The van der Waals surface area contributed by atoms with E-state index in [4.69, 9.17) is 9.47 Å². The Bertz CT molecular complexity index is 1500. The number of morpholine rings is 1. The molecule has 3 aliphatic rings. The summed E-state index contributed by atoms with van der Waals surface area (Å²) >= 11 is 0. The molecule has 0 unspecified atom stereocenters. The summed E-state index contributed by atoms with van der Waals surface area (Å²) in [6.07, 6.45) is 4.54. The maximum Gasteiger partial charge on any atom is 0.254 e. The van der Waals surface area contributed by atoms with Gasteiger partial charge < -0.3 is 23.7 Å². The number of rotatable bonds is 8. The highest BCUT2D eigenvalue weighted by Crippen LogP contribution is 2.38. The van der Waals surface area contributed by atoms with Gasteiger partial charge in [0.15, 0.2) is 0 Å². The van der Waals surface area contributed by atoms with Crippen LogP contribution in [0.4, 0.5) is 8.78 Å². The van der Waals surface area contributed by atoms with Crippen molar-refractivity contribution in [3.05, 3.63) is 59.2 Å². The molecule has 238 valence electrons. The van der Waals surface area contributed by atoms with Gasteiger partial charge >= 0.3 is 0 Å². The Hall–Kier alpha value is -2.92. The standard InChI is InChI=1S/C34H45F2N5O3/c1-21(2)31(20-44-27-7-6-10-38(5)18-27)39-15-25(16-39)24-13-29(32-33(36)37-23(4)41(32)17-24)28-9-8-26(35)14-30(28)34(42)40-11-12-43-19-22(40)3/h8-9,13-14,17,21-22,25,27,31H,6-7,10-12,15-16,18-20H2,1-5H3/t22-,27-,31+/m1/s1. The zero-order valence-corrected chi connectivity index (χ0v) is 26.6. The fourth-order valence-corrected chi connectivity index (χ4v) is 7.07. The molecule has 3 atom stereocenters. The van der Waals surface area contributed by atoms with Crippen molar-refractivity contribution in [2.24, 2.45) is 5.92 Å². The van der Waals surface area contributed by atoms with E-state index < -0.39 is 11.8 Å². The molecule has 0 radical (unpaired) electrons. The van der Waals surface area contributed by atoms with Crippen molar-refractivity contribution in [1.29, 1.82) is 0 Å². The lowest BCUT2D eigenvalue weighted by molar-refractivity contribution is -0.0494. The minimum absolute atomic E-state index is 0.148. The molecular weight excluding hydrogens is 564 g/mol. The Labute approximate surface area is 258 Å². The molecule has 0 saturated carbocycles. The van der Waals surface area contributed by atoms with Crippen molar-refractivity contribution >= 4 is 11.4 Å². The maximum atomic E-state index is 15.4. The quantitative estimate of drug-likeness (QED) is 0.359. The van der Waals surface area contributed by atoms with Crippen LogP contribution in [0.15, 0.2) is 30.5 Å². The van der Waals surface area contributed by atoms with Gasteiger partial charge in [0.05, 0.1) is 37.5 Å². The lowest BCUT2D eigenvalue weighted by atomic mass is 9.86. The van der Waals surface area contributed by atoms with E-state index in [1.807, 2.05) is 19.2 Å².